The maximum absolute atomic E-state index is 5.86. The lowest BCUT2D eigenvalue weighted by molar-refractivity contribution is 1.28. The van der Waals surface area contributed by atoms with E-state index in [-0.39, 0.29) is 0 Å². The van der Waals surface area contributed by atoms with E-state index in [0.717, 1.165) is 17.0 Å². The number of hydrogen-bond donors (Lipinski definition) is 0. The van der Waals surface area contributed by atoms with Crippen molar-refractivity contribution in [1.82, 2.24) is 0 Å². The van der Waals surface area contributed by atoms with Gasteiger partial charge in [-0.3, -0.25) is 0 Å². The van der Waals surface area contributed by atoms with E-state index in [2.05, 4.69) is 37.8 Å². The normalized spacial score (nSPS) is 10.2. The summed E-state index contributed by atoms with van der Waals surface area (Å²) in [6.07, 6.45) is 0.861. The quantitative estimate of drug-likeness (QED) is 0.718. The molecular formula is C16H15Cl. The van der Waals surface area contributed by atoms with Crippen LogP contribution in [-0.2, 0) is 6.42 Å². The zero-order chi connectivity index (χ0) is 12.3. The van der Waals surface area contributed by atoms with Crippen molar-refractivity contribution in [2.45, 2.75) is 13.3 Å². The van der Waals surface area contributed by atoms with E-state index in [4.69, 9.17) is 11.6 Å². The Morgan fingerprint density at radius 1 is 1.00 bits per heavy atom. The van der Waals surface area contributed by atoms with Crippen LogP contribution in [0.4, 0.5) is 0 Å². The molecule has 0 saturated carbocycles. The second-order valence-electron chi connectivity index (χ2n) is 4.27. The summed E-state index contributed by atoms with van der Waals surface area (Å²) in [4.78, 5) is 0. The molecule has 0 bridgehead atoms. The van der Waals surface area contributed by atoms with Crippen LogP contribution >= 0.6 is 11.6 Å². The van der Waals surface area contributed by atoms with Crippen LogP contribution in [0.15, 0.2) is 55.1 Å². The van der Waals surface area contributed by atoms with Crippen molar-refractivity contribution in [3.05, 3.63) is 76.8 Å². The summed E-state index contributed by atoms with van der Waals surface area (Å²) in [7, 11) is 0. The Morgan fingerprint density at radius 2 is 1.59 bits per heavy atom. The molecule has 86 valence electrons. The van der Waals surface area contributed by atoms with Crippen LogP contribution in [0.1, 0.15) is 16.7 Å². The average Bonchev–Trinajstić information content (AvgIpc) is 2.33. The van der Waals surface area contributed by atoms with E-state index in [1.54, 1.807) is 0 Å². The molecule has 0 saturated heterocycles. The van der Waals surface area contributed by atoms with Crippen molar-refractivity contribution in [3.8, 4) is 0 Å². The Morgan fingerprint density at radius 3 is 2.18 bits per heavy atom. The number of hydrogen-bond acceptors (Lipinski definition) is 0. The fraction of sp³-hybridized carbons (Fsp3) is 0.125. The number of aryl methyl sites for hydroxylation is 1. The number of rotatable bonds is 3. The Kier molecular flexibility index (Phi) is 3.65. The van der Waals surface area contributed by atoms with Gasteiger partial charge >= 0.3 is 0 Å². The van der Waals surface area contributed by atoms with Gasteiger partial charge in [0.05, 0.1) is 0 Å². The van der Waals surface area contributed by atoms with Gasteiger partial charge in [-0.25, -0.2) is 0 Å². The Balaban J connectivity index is 2.11. The summed E-state index contributed by atoms with van der Waals surface area (Å²) in [5, 5.41) is 0.773. The minimum atomic E-state index is 0.773. The van der Waals surface area contributed by atoms with Gasteiger partial charge in [0.15, 0.2) is 0 Å². The summed E-state index contributed by atoms with van der Waals surface area (Å²) in [6.45, 7) is 6.23. The molecule has 0 atom stereocenters. The predicted molar refractivity (Wildman–Crippen MR) is 75.4 cm³/mol. The zero-order valence-corrected chi connectivity index (χ0v) is 10.7. The molecule has 0 aromatic heterocycles. The lowest BCUT2D eigenvalue weighted by Crippen LogP contribution is -1.89. The molecule has 0 N–H and O–H groups in total. The van der Waals surface area contributed by atoms with Crippen LogP contribution < -0.4 is 0 Å². The van der Waals surface area contributed by atoms with E-state index < -0.39 is 0 Å². The molecule has 1 heteroatoms. The van der Waals surface area contributed by atoms with E-state index >= 15 is 0 Å². The lowest BCUT2D eigenvalue weighted by Gasteiger charge is -2.06. The van der Waals surface area contributed by atoms with Crippen molar-refractivity contribution in [2.24, 2.45) is 0 Å². The first-order chi connectivity index (χ1) is 8.15. The third kappa shape index (κ3) is 3.21. The largest absolute Gasteiger partial charge is 0.0949 e. The van der Waals surface area contributed by atoms with Gasteiger partial charge in [0, 0.05) is 5.02 Å². The molecular weight excluding hydrogens is 228 g/mol. The fourth-order valence-corrected chi connectivity index (χ4v) is 1.87. The van der Waals surface area contributed by atoms with Crippen LogP contribution in [0.3, 0.4) is 0 Å². The van der Waals surface area contributed by atoms with Crippen molar-refractivity contribution in [3.63, 3.8) is 0 Å². The van der Waals surface area contributed by atoms with Crippen LogP contribution in [0.5, 0.6) is 0 Å². The second kappa shape index (κ2) is 5.20. The van der Waals surface area contributed by atoms with Gasteiger partial charge in [-0.15, -0.1) is 0 Å². The van der Waals surface area contributed by atoms with Gasteiger partial charge in [0.1, 0.15) is 0 Å². The fourth-order valence-electron chi connectivity index (χ4n) is 1.74. The second-order valence-corrected chi connectivity index (χ2v) is 4.71. The molecule has 0 nitrogen and oxygen atoms in total. The molecule has 0 spiro atoms. The molecule has 2 aromatic carbocycles. The van der Waals surface area contributed by atoms with Crippen LogP contribution in [-0.4, -0.2) is 0 Å². The molecule has 0 fully saturated rings. The van der Waals surface area contributed by atoms with Gasteiger partial charge in [-0.05, 0) is 42.2 Å². The first kappa shape index (κ1) is 11.9. The average molecular weight is 243 g/mol. The van der Waals surface area contributed by atoms with Gasteiger partial charge in [-0.1, -0.05) is 60.1 Å². The molecule has 0 aliphatic rings. The maximum atomic E-state index is 5.86. The van der Waals surface area contributed by atoms with Crippen molar-refractivity contribution in [2.75, 3.05) is 0 Å². The highest BCUT2D eigenvalue weighted by molar-refractivity contribution is 6.30. The van der Waals surface area contributed by atoms with E-state index in [9.17, 15) is 0 Å². The SMILES string of the molecule is C=C(Cc1ccc(Cl)cc1)c1ccc(C)cc1. The summed E-state index contributed by atoms with van der Waals surface area (Å²) >= 11 is 5.86. The summed E-state index contributed by atoms with van der Waals surface area (Å²) in [5.41, 5.74) is 4.84. The minimum Gasteiger partial charge on any atom is -0.0949 e. The van der Waals surface area contributed by atoms with E-state index in [1.807, 2.05) is 24.3 Å². The standard InChI is InChI=1S/C16H15Cl/c1-12-3-7-15(8-4-12)13(2)11-14-5-9-16(17)10-6-14/h3-10H,2,11H2,1H3. The van der Waals surface area contributed by atoms with Gasteiger partial charge in [-0.2, -0.15) is 0 Å². The smallest absolute Gasteiger partial charge is 0.0406 e. The topological polar surface area (TPSA) is 0 Å². The van der Waals surface area contributed by atoms with Crippen LogP contribution in [0, 0.1) is 6.92 Å². The molecule has 0 heterocycles. The summed E-state index contributed by atoms with van der Waals surface area (Å²) < 4.78 is 0. The van der Waals surface area contributed by atoms with Gasteiger partial charge in [0.2, 0.25) is 0 Å². The highest BCUT2D eigenvalue weighted by Gasteiger charge is 2.00. The summed E-state index contributed by atoms with van der Waals surface area (Å²) in [6, 6.07) is 16.4. The first-order valence-corrected chi connectivity index (χ1v) is 6.02. The molecule has 0 unspecified atom stereocenters. The van der Waals surface area contributed by atoms with E-state index in [1.165, 1.54) is 16.7 Å². The zero-order valence-electron chi connectivity index (χ0n) is 9.91. The molecule has 0 aliphatic heterocycles. The first-order valence-electron chi connectivity index (χ1n) is 5.64. The van der Waals surface area contributed by atoms with Crippen molar-refractivity contribution >= 4 is 17.2 Å². The van der Waals surface area contributed by atoms with Crippen molar-refractivity contribution < 1.29 is 0 Å². The summed E-state index contributed by atoms with van der Waals surface area (Å²) in [5.74, 6) is 0. The van der Waals surface area contributed by atoms with Crippen LogP contribution in [0.2, 0.25) is 5.02 Å². The number of allylic oxidation sites excluding steroid dienone is 1. The molecule has 0 amide bonds. The van der Waals surface area contributed by atoms with Gasteiger partial charge in [0.25, 0.3) is 0 Å². The molecule has 17 heavy (non-hydrogen) atoms. The predicted octanol–water partition coefficient (Wildman–Crippen LogP) is 4.90. The number of halogens is 1. The Hall–Kier alpha value is -1.53. The molecule has 0 aliphatic carbocycles. The molecule has 0 radical (unpaired) electrons. The van der Waals surface area contributed by atoms with E-state index in [0.29, 0.717) is 0 Å². The third-order valence-corrected chi connectivity index (χ3v) is 3.04. The highest BCUT2D eigenvalue weighted by Crippen LogP contribution is 2.19. The molecule has 2 rings (SSSR count). The van der Waals surface area contributed by atoms with Gasteiger partial charge < -0.3 is 0 Å². The Labute approximate surface area is 108 Å². The minimum absolute atomic E-state index is 0.773. The monoisotopic (exact) mass is 242 g/mol. The maximum Gasteiger partial charge on any atom is 0.0406 e. The Bertz CT molecular complexity index is 506. The van der Waals surface area contributed by atoms with Crippen molar-refractivity contribution in [1.29, 1.82) is 0 Å². The highest BCUT2D eigenvalue weighted by atomic mass is 35.5. The third-order valence-electron chi connectivity index (χ3n) is 2.79. The lowest BCUT2D eigenvalue weighted by atomic mass is 9.99. The van der Waals surface area contributed by atoms with Crippen LogP contribution in [0.25, 0.3) is 5.57 Å². The number of benzene rings is 2. The molecule has 2 aromatic rings.